The van der Waals surface area contributed by atoms with E-state index in [4.69, 9.17) is 15.1 Å². The smallest absolute Gasteiger partial charge is 0.411 e. The van der Waals surface area contributed by atoms with E-state index < -0.39 is 6.09 Å². The number of fused-ring (bicyclic) bond motifs is 1. The van der Waals surface area contributed by atoms with Crippen molar-refractivity contribution in [1.82, 2.24) is 9.55 Å². The Morgan fingerprint density at radius 2 is 1.76 bits per heavy atom. The third kappa shape index (κ3) is 4.98. The van der Waals surface area contributed by atoms with E-state index in [1.165, 1.54) is 25.5 Å². The van der Waals surface area contributed by atoms with Crippen LogP contribution >= 0.6 is 0 Å². The highest BCUT2D eigenvalue weighted by Gasteiger charge is 2.31. The second kappa shape index (κ2) is 10.7. The van der Waals surface area contributed by atoms with Crippen molar-refractivity contribution in [2.45, 2.75) is 64.0 Å². The molecule has 210 valence electrons. The fraction of sp³-hybridized carbons (Fsp3) is 0.382. The van der Waals surface area contributed by atoms with Gasteiger partial charge in [0.15, 0.2) is 0 Å². The molecule has 7 heteroatoms. The summed E-state index contributed by atoms with van der Waals surface area (Å²) in [7, 11) is 0. The van der Waals surface area contributed by atoms with Crippen LogP contribution in [0.4, 0.5) is 16.3 Å². The van der Waals surface area contributed by atoms with Crippen molar-refractivity contribution in [3.05, 3.63) is 66.2 Å². The van der Waals surface area contributed by atoms with Gasteiger partial charge in [0.1, 0.15) is 11.9 Å². The lowest BCUT2D eigenvalue weighted by Crippen LogP contribution is -2.21. The van der Waals surface area contributed by atoms with Crippen molar-refractivity contribution < 1.29 is 9.53 Å². The van der Waals surface area contributed by atoms with Gasteiger partial charge in [-0.25, -0.2) is 9.78 Å². The molecule has 41 heavy (non-hydrogen) atoms. The summed E-state index contributed by atoms with van der Waals surface area (Å²) in [6.07, 6.45) is 9.23. The molecule has 0 radical (unpaired) electrons. The quantitative estimate of drug-likeness (QED) is 0.219. The highest BCUT2D eigenvalue weighted by molar-refractivity contribution is 6.07. The highest BCUT2D eigenvalue weighted by Crippen LogP contribution is 2.43. The Kier molecular flexibility index (Phi) is 6.73. The third-order valence-electron chi connectivity index (χ3n) is 9.07. The van der Waals surface area contributed by atoms with Crippen molar-refractivity contribution in [1.29, 1.82) is 5.41 Å². The van der Waals surface area contributed by atoms with E-state index in [1.807, 2.05) is 31.2 Å². The molecule has 1 saturated heterocycles. The maximum Gasteiger partial charge on any atom is 0.411 e. The first kappa shape index (κ1) is 25.8. The topological polar surface area (TPSA) is 83.2 Å². The minimum atomic E-state index is -0.407. The van der Waals surface area contributed by atoms with Gasteiger partial charge in [-0.05, 0) is 93.7 Å². The Labute approximate surface area is 241 Å². The van der Waals surface area contributed by atoms with Crippen LogP contribution in [0.3, 0.4) is 0 Å². The highest BCUT2D eigenvalue weighted by atomic mass is 16.6. The van der Waals surface area contributed by atoms with Crippen LogP contribution in [0.2, 0.25) is 0 Å². The van der Waals surface area contributed by atoms with Gasteiger partial charge in [0.05, 0.1) is 16.9 Å². The van der Waals surface area contributed by atoms with Crippen molar-refractivity contribution in [3.63, 3.8) is 0 Å². The summed E-state index contributed by atoms with van der Waals surface area (Å²) in [5.74, 6) is 1.55. The molecule has 2 aliphatic carbocycles. The zero-order valence-corrected chi connectivity index (χ0v) is 23.6. The van der Waals surface area contributed by atoms with Crippen molar-refractivity contribution in [2.24, 2.45) is 5.92 Å². The minimum Gasteiger partial charge on any atom is -0.446 e. The number of rotatable bonds is 8. The van der Waals surface area contributed by atoms with E-state index in [0.29, 0.717) is 17.6 Å². The Bertz CT molecular complexity index is 1590. The van der Waals surface area contributed by atoms with Gasteiger partial charge >= 0.3 is 6.09 Å². The molecule has 2 aromatic heterocycles. The van der Waals surface area contributed by atoms with Crippen LogP contribution in [-0.4, -0.2) is 41.1 Å². The SMILES string of the molecule is C[C@@H](OC(=O)Nc1ccc(-c2c(C=N)c3ccc(-c4cccc(N5CCCC5)n4)cc3n2C2CCC2)cc1)C1CC1. The monoisotopic (exact) mass is 547 g/mol. The predicted octanol–water partition coefficient (Wildman–Crippen LogP) is 8.04. The van der Waals surface area contributed by atoms with Gasteiger partial charge in [0.25, 0.3) is 0 Å². The van der Waals surface area contributed by atoms with Gasteiger partial charge in [-0.15, -0.1) is 0 Å². The lowest BCUT2D eigenvalue weighted by Gasteiger charge is -2.30. The molecular formula is C34H37N5O2. The molecule has 2 aromatic carbocycles. The lowest BCUT2D eigenvalue weighted by atomic mass is 9.92. The molecule has 2 N–H and O–H groups in total. The maximum absolute atomic E-state index is 12.4. The number of amides is 1. The second-order valence-corrected chi connectivity index (χ2v) is 11.8. The van der Waals surface area contributed by atoms with Crippen LogP contribution in [0, 0.1) is 11.3 Å². The standard InChI is InChI=1S/C34H37N5O2/c1-22(23-10-11-23)41-34(40)36-26-15-12-24(13-16-26)33-29(21-35)28-17-14-25(20-31(28)39(33)27-6-4-7-27)30-8-5-9-32(37-30)38-18-2-3-19-38/h5,8-9,12-17,20-23,27,35H,2-4,6-7,10-11,18-19H2,1H3,(H,36,40)/t22-/m1/s1. The molecule has 4 aromatic rings. The summed E-state index contributed by atoms with van der Waals surface area (Å²) in [6.45, 7) is 4.10. The molecule has 7 rings (SSSR count). The fourth-order valence-corrected chi connectivity index (χ4v) is 6.36. The van der Waals surface area contributed by atoms with Crippen molar-refractivity contribution >= 4 is 34.7 Å². The van der Waals surface area contributed by atoms with E-state index in [9.17, 15) is 4.79 Å². The molecule has 1 atom stereocenters. The number of hydrogen-bond donors (Lipinski definition) is 2. The van der Waals surface area contributed by atoms with E-state index >= 15 is 0 Å². The third-order valence-corrected chi connectivity index (χ3v) is 9.07. The summed E-state index contributed by atoms with van der Waals surface area (Å²) < 4.78 is 7.98. The Morgan fingerprint density at radius 1 is 1.00 bits per heavy atom. The first-order chi connectivity index (χ1) is 20.1. The molecule has 3 aliphatic rings. The number of pyridine rings is 1. The number of nitrogens with one attached hydrogen (secondary N) is 2. The largest absolute Gasteiger partial charge is 0.446 e. The van der Waals surface area contributed by atoms with E-state index in [0.717, 1.165) is 83.6 Å². The number of hydrogen-bond acceptors (Lipinski definition) is 5. The average Bonchev–Trinajstić information content (AvgIpc) is 3.58. The normalized spacial score (nSPS) is 17.8. The first-order valence-electron chi connectivity index (χ1n) is 15.1. The van der Waals surface area contributed by atoms with Crippen LogP contribution in [0.5, 0.6) is 0 Å². The average molecular weight is 548 g/mol. The number of carbonyl (C=O) groups is 1. The molecule has 0 bridgehead atoms. The Balaban J connectivity index is 1.24. The number of anilines is 2. The number of benzene rings is 2. The van der Waals surface area contributed by atoms with Gasteiger partial charge in [-0.2, -0.15) is 0 Å². The van der Waals surface area contributed by atoms with Crippen LogP contribution in [0.1, 0.15) is 63.5 Å². The van der Waals surface area contributed by atoms with Gasteiger partial charge < -0.3 is 19.6 Å². The fourth-order valence-electron chi connectivity index (χ4n) is 6.36. The first-order valence-corrected chi connectivity index (χ1v) is 15.1. The second-order valence-electron chi connectivity index (χ2n) is 11.8. The molecule has 2 saturated carbocycles. The van der Waals surface area contributed by atoms with Crippen LogP contribution < -0.4 is 10.2 Å². The summed E-state index contributed by atoms with van der Waals surface area (Å²) in [5.41, 5.74) is 6.95. The summed E-state index contributed by atoms with van der Waals surface area (Å²) >= 11 is 0. The van der Waals surface area contributed by atoms with Crippen LogP contribution in [-0.2, 0) is 4.74 Å². The number of ether oxygens (including phenoxy) is 1. The van der Waals surface area contributed by atoms with Crippen LogP contribution in [0.25, 0.3) is 33.4 Å². The Morgan fingerprint density at radius 3 is 2.44 bits per heavy atom. The van der Waals surface area contributed by atoms with E-state index in [2.05, 4.69) is 51.2 Å². The molecule has 3 heterocycles. The number of nitrogens with zero attached hydrogens (tertiary/aromatic N) is 3. The molecule has 0 unspecified atom stereocenters. The van der Waals surface area contributed by atoms with E-state index in [-0.39, 0.29) is 6.10 Å². The maximum atomic E-state index is 12.4. The molecular weight excluding hydrogens is 510 g/mol. The van der Waals surface area contributed by atoms with Gasteiger partial charge in [0, 0.05) is 47.5 Å². The molecule has 3 fully saturated rings. The number of aromatic nitrogens is 2. The van der Waals surface area contributed by atoms with Crippen molar-refractivity contribution in [3.8, 4) is 22.5 Å². The zero-order valence-electron chi connectivity index (χ0n) is 23.6. The number of carbonyl (C=O) groups excluding carboxylic acids is 1. The zero-order chi connectivity index (χ0) is 27.9. The molecule has 1 aliphatic heterocycles. The molecule has 0 spiro atoms. The van der Waals surface area contributed by atoms with Gasteiger partial charge in [0.2, 0.25) is 0 Å². The summed E-state index contributed by atoms with van der Waals surface area (Å²) in [5, 5.41) is 12.4. The van der Waals surface area contributed by atoms with Gasteiger partial charge in [-0.3, -0.25) is 5.32 Å². The van der Waals surface area contributed by atoms with Crippen molar-refractivity contribution in [2.75, 3.05) is 23.3 Å². The summed E-state index contributed by atoms with van der Waals surface area (Å²) in [6, 6.07) is 21.2. The predicted molar refractivity (Wildman–Crippen MR) is 165 cm³/mol. The Hall–Kier alpha value is -4.13. The summed E-state index contributed by atoms with van der Waals surface area (Å²) in [4.78, 5) is 19.8. The minimum absolute atomic E-state index is 0.0506. The lowest BCUT2D eigenvalue weighted by molar-refractivity contribution is 0.108. The van der Waals surface area contributed by atoms with Gasteiger partial charge in [-0.1, -0.05) is 30.3 Å². The molecule has 1 amide bonds. The van der Waals surface area contributed by atoms with Crippen LogP contribution in [0.15, 0.2) is 60.7 Å². The molecule has 7 nitrogen and oxygen atoms in total. The van der Waals surface area contributed by atoms with E-state index in [1.54, 1.807) is 0 Å².